The van der Waals surface area contributed by atoms with E-state index in [9.17, 15) is 14.7 Å². The average molecular weight is 333 g/mol. The maximum Gasteiger partial charge on any atom is 0.261 e. The van der Waals surface area contributed by atoms with Gasteiger partial charge in [0, 0.05) is 7.05 Å². The van der Waals surface area contributed by atoms with Crippen LogP contribution < -0.4 is 0 Å². The standard InChI is InChI=1S/C21H19NO3/c1-14(10-11-18(23)20-19(24)13-22(2)21(20)25)12-16-8-5-7-15-6-3-4-9-17(15)16/h3-12,23H,13H2,1-2H3/b11-10+,14-12+,20-18-. The lowest BCUT2D eigenvalue weighted by Crippen LogP contribution is -2.19. The molecule has 1 heterocycles. The minimum absolute atomic E-state index is 0.0108. The van der Waals surface area contributed by atoms with Gasteiger partial charge in [0.15, 0.2) is 5.78 Å². The summed E-state index contributed by atoms with van der Waals surface area (Å²) in [4.78, 5) is 25.0. The van der Waals surface area contributed by atoms with Gasteiger partial charge in [-0.25, -0.2) is 0 Å². The molecule has 25 heavy (non-hydrogen) atoms. The Kier molecular flexibility index (Phi) is 4.52. The molecule has 0 bridgehead atoms. The minimum Gasteiger partial charge on any atom is -0.507 e. The number of likely N-dealkylation sites (tertiary alicyclic amines) is 1. The topological polar surface area (TPSA) is 57.6 Å². The number of fused-ring (bicyclic) bond motifs is 1. The first-order valence-electron chi connectivity index (χ1n) is 8.03. The van der Waals surface area contributed by atoms with E-state index in [1.165, 1.54) is 18.0 Å². The number of nitrogens with zero attached hydrogens (tertiary/aromatic N) is 1. The summed E-state index contributed by atoms with van der Waals surface area (Å²) in [5, 5.41) is 12.4. The second-order valence-electron chi connectivity index (χ2n) is 6.13. The molecular weight excluding hydrogens is 314 g/mol. The molecule has 0 spiro atoms. The maximum atomic E-state index is 11.9. The number of carbonyl (C=O) groups excluding carboxylic acids is 2. The number of Topliss-reactive ketones (excluding diaryl/α,β-unsaturated/α-hetero) is 1. The van der Waals surface area contributed by atoms with Crippen LogP contribution in [-0.4, -0.2) is 35.3 Å². The van der Waals surface area contributed by atoms with Crippen molar-refractivity contribution in [3.63, 3.8) is 0 Å². The Morgan fingerprint density at radius 2 is 1.80 bits per heavy atom. The number of aliphatic hydroxyl groups is 1. The molecule has 0 atom stereocenters. The summed E-state index contributed by atoms with van der Waals surface area (Å²) < 4.78 is 0. The quantitative estimate of drug-likeness (QED) is 0.404. The Balaban J connectivity index is 1.90. The number of ketones is 1. The molecular formula is C21H19NO3. The van der Waals surface area contributed by atoms with Crippen LogP contribution in [0.2, 0.25) is 0 Å². The molecule has 0 radical (unpaired) electrons. The fraction of sp³-hybridized carbons (Fsp3) is 0.143. The number of likely N-dealkylation sites (N-methyl/N-ethyl adjacent to an activating group) is 1. The van der Waals surface area contributed by atoms with E-state index in [0.717, 1.165) is 21.9 Å². The van der Waals surface area contributed by atoms with Gasteiger partial charge < -0.3 is 10.0 Å². The number of hydrogen-bond donors (Lipinski definition) is 1. The molecule has 0 aliphatic carbocycles. The summed E-state index contributed by atoms with van der Waals surface area (Å²) in [6, 6.07) is 14.2. The molecule has 126 valence electrons. The SMILES string of the molecule is CC(/C=C/C(O)=C1\C(=O)CN(C)C1=O)=C\c1cccc2ccccc12. The normalized spacial score (nSPS) is 17.8. The Bertz CT molecular complexity index is 945. The monoisotopic (exact) mass is 333 g/mol. The number of allylic oxidation sites excluding steroid dienone is 3. The molecule has 1 aliphatic rings. The van der Waals surface area contributed by atoms with E-state index in [-0.39, 0.29) is 23.7 Å². The van der Waals surface area contributed by atoms with Crippen molar-refractivity contribution < 1.29 is 14.7 Å². The molecule has 1 saturated heterocycles. The van der Waals surface area contributed by atoms with Crippen LogP contribution in [0, 0.1) is 0 Å². The van der Waals surface area contributed by atoms with Crippen molar-refractivity contribution in [3.05, 3.63) is 77.1 Å². The van der Waals surface area contributed by atoms with Crippen LogP contribution in [0.5, 0.6) is 0 Å². The lowest BCUT2D eigenvalue weighted by molar-refractivity contribution is -0.123. The van der Waals surface area contributed by atoms with Crippen LogP contribution in [0.15, 0.2) is 71.5 Å². The van der Waals surface area contributed by atoms with E-state index < -0.39 is 5.91 Å². The fourth-order valence-electron chi connectivity index (χ4n) is 2.89. The molecule has 2 aromatic rings. The van der Waals surface area contributed by atoms with Crippen molar-refractivity contribution in [1.82, 2.24) is 4.90 Å². The maximum absolute atomic E-state index is 11.9. The van der Waals surface area contributed by atoms with Crippen LogP contribution in [0.1, 0.15) is 12.5 Å². The number of carbonyl (C=O) groups is 2. The zero-order valence-electron chi connectivity index (χ0n) is 14.2. The number of benzene rings is 2. The lowest BCUT2D eigenvalue weighted by Gasteiger charge is -2.04. The van der Waals surface area contributed by atoms with Gasteiger partial charge in [-0.05, 0) is 29.3 Å². The highest BCUT2D eigenvalue weighted by Gasteiger charge is 2.33. The molecule has 3 rings (SSSR count). The predicted octanol–water partition coefficient (Wildman–Crippen LogP) is 3.65. The molecule has 0 unspecified atom stereocenters. The average Bonchev–Trinajstić information content (AvgIpc) is 2.85. The lowest BCUT2D eigenvalue weighted by atomic mass is 10.0. The predicted molar refractivity (Wildman–Crippen MR) is 99.0 cm³/mol. The minimum atomic E-state index is -0.442. The largest absolute Gasteiger partial charge is 0.507 e. The molecule has 1 fully saturated rings. The summed E-state index contributed by atoms with van der Waals surface area (Å²) >= 11 is 0. The molecule has 1 aliphatic heterocycles. The first-order valence-corrected chi connectivity index (χ1v) is 8.03. The number of amides is 1. The van der Waals surface area contributed by atoms with Crippen LogP contribution in [-0.2, 0) is 9.59 Å². The summed E-state index contributed by atoms with van der Waals surface area (Å²) in [5.74, 6) is -1.09. The van der Waals surface area contributed by atoms with Gasteiger partial charge in [-0.1, -0.05) is 60.2 Å². The first-order chi connectivity index (χ1) is 12.0. The van der Waals surface area contributed by atoms with E-state index in [2.05, 4.69) is 18.2 Å². The Morgan fingerprint density at radius 3 is 2.52 bits per heavy atom. The van der Waals surface area contributed by atoms with Gasteiger partial charge in [0.1, 0.15) is 11.3 Å². The zero-order chi connectivity index (χ0) is 18.0. The molecule has 2 aromatic carbocycles. The summed E-state index contributed by atoms with van der Waals surface area (Å²) in [5.41, 5.74) is 1.83. The third kappa shape index (κ3) is 3.38. The molecule has 0 saturated carbocycles. The van der Waals surface area contributed by atoms with E-state index in [4.69, 9.17) is 0 Å². The van der Waals surface area contributed by atoms with Crippen molar-refractivity contribution in [2.24, 2.45) is 0 Å². The van der Waals surface area contributed by atoms with Crippen LogP contribution in [0.3, 0.4) is 0 Å². The molecule has 1 N–H and O–H groups in total. The van der Waals surface area contributed by atoms with Gasteiger partial charge >= 0.3 is 0 Å². The van der Waals surface area contributed by atoms with Crippen molar-refractivity contribution in [2.75, 3.05) is 13.6 Å². The zero-order valence-corrected chi connectivity index (χ0v) is 14.2. The number of rotatable bonds is 3. The van der Waals surface area contributed by atoms with Crippen LogP contribution >= 0.6 is 0 Å². The first kappa shape index (κ1) is 16.7. The van der Waals surface area contributed by atoms with Crippen LogP contribution in [0.4, 0.5) is 0 Å². The second kappa shape index (κ2) is 6.77. The van der Waals surface area contributed by atoms with Crippen molar-refractivity contribution in [3.8, 4) is 0 Å². The summed E-state index contributed by atoms with van der Waals surface area (Å²) in [7, 11) is 1.54. The van der Waals surface area contributed by atoms with Crippen molar-refractivity contribution in [1.29, 1.82) is 0 Å². The highest BCUT2D eigenvalue weighted by atomic mass is 16.3. The highest BCUT2D eigenvalue weighted by Crippen LogP contribution is 2.21. The Hall–Kier alpha value is -3.14. The van der Waals surface area contributed by atoms with E-state index in [1.54, 1.807) is 6.08 Å². The molecule has 1 amide bonds. The summed E-state index contributed by atoms with van der Waals surface area (Å²) in [6.07, 6.45) is 5.10. The van der Waals surface area contributed by atoms with E-state index in [0.29, 0.717) is 0 Å². The van der Waals surface area contributed by atoms with Crippen molar-refractivity contribution >= 4 is 28.5 Å². The second-order valence-corrected chi connectivity index (χ2v) is 6.13. The van der Waals surface area contributed by atoms with E-state index >= 15 is 0 Å². The van der Waals surface area contributed by atoms with Gasteiger partial charge in [-0.2, -0.15) is 0 Å². The fourth-order valence-corrected chi connectivity index (χ4v) is 2.89. The third-order valence-electron chi connectivity index (χ3n) is 4.19. The van der Waals surface area contributed by atoms with Gasteiger partial charge in [-0.15, -0.1) is 0 Å². The number of hydrogen-bond acceptors (Lipinski definition) is 3. The van der Waals surface area contributed by atoms with Crippen LogP contribution in [0.25, 0.3) is 16.8 Å². The Labute approximate surface area is 146 Å². The van der Waals surface area contributed by atoms with Gasteiger partial charge in [-0.3, -0.25) is 9.59 Å². The van der Waals surface area contributed by atoms with Crippen molar-refractivity contribution in [2.45, 2.75) is 6.92 Å². The molecule has 4 heteroatoms. The smallest absolute Gasteiger partial charge is 0.261 e. The van der Waals surface area contributed by atoms with E-state index in [1.807, 2.05) is 37.3 Å². The molecule has 4 nitrogen and oxygen atoms in total. The summed E-state index contributed by atoms with van der Waals surface area (Å²) in [6.45, 7) is 1.91. The van der Waals surface area contributed by atoms with Gasteiger partial charge in [0.05, 0.1) is 6.54 Å². The Morgan fingerprint density at radius 1 is 1.08 bits per heavy atom. The number of aliphatic hydroxyl groups excluding tert-OH is 1. The highest BCUT2D eigenvalue weighted by molar-refractivity contribution is 6.25. The van der Waals surface area contributed by atoms with Gasteiger partial charge in [0.2, 0.25) is 0 Å². The third-order valence-corrected chi connectivity index (χ3v) is 4.19. The van der Waals surface area contributed by atoms with Gasteiger partial charge in [0.25, 0.3) is 5.91 Å². The molecule has 0 aromatic heterocycles.